The van der Waals surface area contributed by atoms with Crippen LogP contribution in [0.2, 0.25) is 5.15 Å². The van der Waals surface area contributed by atoms with Crippen molar-refractivity contribution in [1.29, 1.82) is 0 Å². The smallest absolute Gasteiger partial charge is 0.146 e. The molecule has 1 aliphatic rings. The first-order valence-electron chi connectivity index (χ1n) is 3.55. The molecule has 2 heterocycles. The zero-order valence-corrected chi connectivity index (χ0v) is 9.91. The lowest BCUT2D eigenvalue weighted by Crippen LogP contribution is -1.97. The van der Waals surface area contributed by atoms with Crippen LogP contribution in [0.1, 0.15) is 11.5 Å². The number of nitrogens with zero attached hydrogens (tertiary/aromatic N) is 2. The molecule has 2 rings (SSSR count). The van der Waals surface area contributed by atoms with E-state index in [1.807, 2.05) is 0 Å². The maximum absolute atomic E-state index is 5.98. The summed E-state index contributed by atoms with van der Waals surface area (Å²) in [6.45, 7) is 0. The van der Waals surface area contributed by atoms with Gasteiger partial charge in [0.25, 0.3) is 0 Å². The molecule has 0 atom stereocenters. The third-order valence-corrected chi connectivity index (χ3v) is 3.84. The Kier molecular flexibility index (Phi) is 2.76. The second-order valence-electron chi connectivity index (χ2n) is 2.44. The van der Waals surface area contributed by atoms with Crippen molar-refractivity contribution in [3.05, 3.63) is 16.7 Å². The monoisotopic (exact) mass is 312 g/mol. The third-order valence-electron chi connectivity index (χ3n) is 1.65. The Balaban J connectivity index is 2.51. The molecule has 5 heteroatoms. The largest absolute Gasteiger partial charge is 0.236 e. The molecule has 0 aliphatic carbocycles. The second-order valence-corrected chi connectivity index (χ2v) is 4.66. The van der Waals surface area contributed by atoms with Gasteiger partial charge >= 0.3 is 0 Å². The van der Waals surface area contributed by atoms with Crippen LogP contribution >= 0.6 is 46.0 Å². The highest BCUT2D eigenvalue weighted by atomic mass is 127. The van der Waals surface area contributed by atoms with Crippen molar-refractivity contribution >= 4 is 46.0 Å². The Hall–Kier alpha value is 0.450. The summed E-state index contributed by atoms with van der Waals surface area (Å²) in [5, 5.41) is 0.633. The molecule has 0 radical (unpaired) electrons. The maximum Gasteiger partial charge on any atom is 0.146 e. The van der Waals surface area contributed by atoms with Crippen molar-refractivity contribution in [2.24, 2.45) is 0 Å². The van der Waals surface area contributed by atoms with E-state index in [0.29, 0.717) is 5.15 Å². The summed E-state index contributed by atoms with van der Waals surface area (Å²) in [5.74, 6) is 1.94. The molecular weight excluding hydrogens is 307 g/mol. The van der Waals surface area contributed by atoms with E-state index in [0.717, 1.165) is 33.0 Å². The standard InChI is InChI=1S/C7H6ClIN2S/c8-7-6-4(1-2-12-6)10-5(3-9)11-7/h1-3H2. The average Bonchev–Trinajstić information content (AvgIpc) is 2.52. The van der Waals surface area contributed by atoms with Gasteiger partial charge in [-0.3, -0.25) is 0 Å². The molecule has 1 aliphatic heterocycles. The average molecular weight is 313 g/mol. The Morgan fingerprint density at radius 3 is 3.08 bits per heavy atom. The van der Waals surface area contributed by atoms with Crippen LogP contribution in [0.4, 0.5) is 0 Å². The zero-order valence-electron chi connectivity index (χ0n) is 6.18. The predicted molar refractivity (Wildman–Crippen MR) is 59.2 cm³/mol. The Labute approximate surface area is 93.6 Å². The first-order chi connectivity index (χ1) is 5.81. The van der Waals surface area contributed by atoms with Crippen molar-refractivity contribution < 1.29 is 0 Å². The van der Waals surface area contributed by atoms with E-state index in [1.54, 1.807) is 11.8 Å². The van der Waals surface area contributed by atoms with Crippen LogP contribution in [0.3, 0.4) is 0 Å². The molecule has 0 spiro atoms. The lowest BCUT2D eigenvalue weighted by molar-refractivity contribution is 0.923. The second kappa shape index (κ2) is 3.67. The summed E-state index contributed by atoms with van der Waals surface area (Å²) < 4.78 is 0.829. The fraction of sp³-hybridized carbons (Fsp3) is 0.429. The van der Waals surface area contributed by atoms with E-state index >= 15 is 0 Å². The summed E-state index contributed by atoms with van der Waals surface area (Å²) in [6.07, 6.45) is 1.03. The molecule has 0 saturated heterocycles. The predicted octanol–water partition coefficient (Wildman–Crippen LogP) is 2.71. The minimum absolute atomic E-state index is 0.633. The van der Waals surface area contributed by atoms with Gasteiger partial charge in [0.05, 0.1) is 15.0 Å². The van der Waals surface area contributed by atoms with E-state index in [4.69, 9.17) is 11.6 Å². The molecule has 12 heavy (non-hydrogen) atoms. The number of rotatable bonds is 1. The van der Waals surface area contributed by atoms with Crippen LogP contribution in [0, 0.1) is 0 Å². The highest BCUT2D eigenvalue weighted by Crippen LogP contribution is 2.34. The first-order valence-corrected chi connectivity index (χ1v) is 6.44. The Morgan fingerprint density at radius 2 is 2.33 bits per heavy atom. The fourth-order valence-corrected chi connectivity index (χ4v) is 2.83. The van der Waals surface area contributed by atoms with Gasteiger partial charge in [-0.05, 0) is 0 Å². The lowest BCUT2D eigenvalue weighted by Gasteiger charge is -2.01. The molecular formula is C7H6ClIN2S. The number of alkyl halides is 1. The van der Waals surface area contributed by atoms with Gasteiger partial charge in [0.1, 0.15) is 11.0 Å². The molecule has 0 fully saturated rings. The van der Waals surface area contributed by atoms with Gasteiger partial charge in [0.15, 0.2) is 0 Å². The molecule has 0 bridgehead atoms. The molecule has 0 saturated carbocycles. The molecule has 0 aromatic carbocycles. The van der Waals surface area contributed by atoms with Crippen LogP contribution in [-0.2, 0) is 10.8 Å². The fourth-order valence-electron chi connectivity index (χ4n) is 1.14. The van der Waals surface area contributed by atoms with Crippen molar-refractivity contribution in [3.63, 3.8) is 0 Å². The zero-order chi connectivity index (χ0) is 8.55. The van der Waals surface area contributed by atoms with E-state index in [-0.39, 0.29) is 0 Å². The Morgan fingerprint density at radius 1 is 1.50 bits per heavy atom. The number of hydrogen-bond donors (Lipinski definition) is 0. The summed E-state index contributed by atoms with van der Waals surface area (Å²) in [7, 11) is 0. The van der Waals surface area contributed by atoms with Gasteiger partial charge in [-0.1, -0.05) is 34.2 Å². The van der Waals surface area contributed by atoms with Crippen molar-refractivity contribution in [2.75, 3.05) is 5.75 Å². The van der Waals surface area contributed by atoms with E-state index in [1.165, 1.54) is 0 Å². The quantitative estimate of drug-likeness (QED) is 0.453. The summed E-state index contributed by atoms with van der Waals surface area (Å²) in [5.41, 5.74) is 1.13. The topological polar surface area (TPSA) is 25.8 Å². The SMILES string of the molecule is Clc1nc(CI)nc2c1SCC2. The van der Waals surface area contributed by atoms with Crippen molar-refractivity contribution in [3.8, 4) is 0 Å². The van der Waals surface area contributed by atoms with Crippen molar-refractivity contribution in [2.45, 2.75) is 15.7 Å². The Bertz CT molecular complexity index is 319. The summed E-state index contributed by atoms with van der Waals surface area (Å²) >= 11 is 9.98. The number of fused-ring (bicyclic) bond motifs is 1. The number of hydrogen-bond acceptors (Lipinski definition) is 3. The third kappa shape index (κ3) is 1.56. The van der Waals surface area contributed by atoms with E-state index in [9.17, 15) is 0 Å². The first kappa shape index (κ1) is 9.02. The van der Waals surface area contributed by atoms with Crippen LogP contribution in [0.15, 0.2) is 4.90 Å². The van der Waals surface area contributed by atoms with Gasteiger partial charge in [-0.25, -0.2) is 9.97 Å². The van der Waals surface area contributed by atoms with Crippen molar-refractivity contribution in [1.82, 2.24) is 9.97 Å². The number of aromatic nitrogens is 2. The van der Waals surface area contributed by atoms with Crippen LogP contribution in [0.5, 0.6) is 0 Å². The highest BCUT2D eigenvalue weighted by molar-refractivity contribution is 14.1. The minimum Gasteiger partial charge on any atom is -0.236 e. The van der Waals surface area contributed by atoms with Crippen LogP contribution in [-0.4, -0.2) is 15.7 Å². The van der Waals surface area contributed by atoms with Crippen LogP contribution < -0.4 is 0 Å². The van der Waals surface area contributed by atoms with Gasteiger partial charge in [-0.15, -0.1) is 11.8 Å². The molecule has 2 nitrogen and oxygen atoms in total. The van der Waals surface area contributed by atoms with E-state index < -0.39 is 0 Å². The number of aryl methyl sites for hydroxylation is 1. The van der Waals surface area contributed by atoms with E-state index in [2.05, 4.69) is 32.6 Å². The molecule has 0 unspecified atom stereocenters. The maximum atomic E-state index is 5.98. The molecule has 1 aromatic heterocycles. The minimum atomic E-state index is 0.633. The molecule has 1 aromatic rings. The lowest BCUT2D eigenvalue weighted by atomic mass is 10.3. The van der Waals surface area contributed by atoms with Gasteiger partial charge in [-0.2, -0.15) is 0 Å². The normalized spacial score (nSPS) is 14.8. The molecule has 64 valence electrons. The number of halogens is 2. The molecule has 0 amide bonds. The highest BCUT2D eigenvalue weighted by Gasteiger charge is 2.18. The molecule has 0 N–H and O–H groups in total. The van der Waals surface area contributed by atoms with Gasteiger partial charge < -0.3 is 0 Å². The van der Waals surface area contributed by atoms with Crippen LogP contribution in [0.25, 0.3) is 0 Å². The van der Waals surface area contributed by atoms with Gasteiger partial charge in [0.2, 0.25) is 0 Å². The number of thioether (sulfide) groups is 1. The summed E-state index contributed by atoms with van der Waals surface area (Å²) in [4.78, 5) is 9.69. The van der Waals surface area contributed by atoms with Gasteiger partial charge in [0, 0.05) is 12.2 Å². The summed E-state index contributed by atoms with van der Waals surface area (Å²) in [6, 6.07) is 0.